The topological polar surface area (TPSA) is 238 Å². The first-order chi connectivity index (χ1) is 65.4. The van der Waals surface area contributed by atoms with Crippen molar-refractivity contribution in [2.75, 3.05) is 117 Å². The molecular weight excluding hydrogens is 1690 g/mol. The van der Waals surface area contributed by atoms with E-state index in [0.29, 0.717) is 110 Å². The molecule has 13 aliphatic rings. The zero-order valence-corrected chi connectivity index (χ0v) is 77.5. The number of likely N-dealkylation sites (N-methyl/N-ethyl adjacent to an activating group) is 5. The lowest BCUT2D eigenvalue weighted by Crippen LogP contribution is -2.35. The van der Waals surface area contributed by atoms with E-state index >= 15 is 0 Å². The SMILES string of the molecule is CN1CCc2cc(CO)c3c4c2[C@@H]1Cc1ccc(cc1)Oc1cc(ccc1O)C[C@@H]1NCCc2cc(c(cc21)O4)O3.COc1cc2c3cc1Oc1c(OC)c(OC)c(CO)c4c1[C@H](Cc1ccc(cc1)Oc1cc(ccc1CO)C[C@@H]3N(C)CC2)N(C)CC4.COc1ccc2cc1Oc1cccc(c1)C[C@H]1c3c(cc4c(c3Oc3cc5c(cc3OC)CCN(C)[C@@H]5C2)OCO4)CCN1C. The van der Waals surface area contributed by atoms with Gasteiger partial charge in [0, 0.05) is 102 Å². The minimum absolute atomic E-state index is 0.0459. The first-order valence-corrected chi connectivity index (χ1v) is 46.6. The van der Waals surface area contributed by atoms with Gasteiger partial charge >= 0.3 is 0 Å². The van der Waals surface area contributed by atoms with Crippen molar-refractivity contribution in [1.82, 2.24) is 29.8 Å². The molecule has 19 bridgehead atoms. The minimum Gasteiger partial charge on any atom is -0.504 e. The third-order valence-electron chi connectivity index (χ3n) is 29.2. The summed E-state index contributed by atoms with van der Waals surface area (Å²) in [6.07, 6.45) is 9.70. The monoisotopic (exact) mass is 1810 g/mol. The Kier molecular flexibility index (Phi) is 24.2. The van der Waals surface area contributed by atoms with Gasteiger partial charge in [0.25, 0.3) is 0 Å². The molecule has 0 radical (unpaired) electrons. The third kappa shape index (κ3) is 16.6. The summed E-state index contributed by atoms with van der Waals surface area (Å²) in [4.78, 5) is 11.9. The predicted molar refractivity (Wildman–Crippen MR) is 508 cm³/mol. The van der Waals surface area contributed by atoms with Crippen LogP contribution in [0.3, 0.4) is 0 Å². The van der Waals surface area contributed by atoms with E-state index in [1.165, 1.54) is 55.6 Å². The molecule has 24 heteroatoms. The van der Waals surface area contributed by atoms with E-state index in [0.717, 1.165) is 188 Å². The molecule has 0 saturated heterocycles. The van der Waals surface area contributed by atoms with Crippen molar-refractivity contribution in [2.45, 2.75) is 133 Å². The normalized spacial score (nSPS) is 19.9. The van der Waals surface area contributed by atoms with Crippen LogP contribution in [-0.4, -0.2) is 162 Å². The lowest BCUT2D eigenvalue weighted by atomic mass is 9.84. The number of aromatic hydroxyl groups is 1. The van der Waals surface area contributed by atoms with Gasteiger partial charge < -0.3 is 92.1 Å². The lowest BCUT2D eigenvalue weighted by Gasteiger charge is -2.38. The van der Waals surface area contributed by atoms with Crippen LogP contribution in [0.2, 0.25) is 0 Å². The van der Waals surface area contributed by atoms with Crippen molar-refractivity contribution in [3.05, 3.63) is 293 Å². The number of ether oxygens (including phenoxy) is 14. The van der Waals surface area contributed by atoms with E-state index in [4.69, 9.17) is 66.3 Å². The van der Waals surface area contributed by atoms with E-state index in [9.17, 15) is 20.4 Å². The molecule has 13 aliphatic heterocycles. The highest BCUT2D eigenvalue weighted by atomic mass is 16.7. The van der Waals surface area contributed by atoms with E-state index in [1.54, 1.807) is 41.6 Å². The molecule has 0 aliphatic carbocycles. The van der Waals surface area contributed by atoms with Crippen LogP contribution in [0, 0.1) is 0 Å². The molecule has 0 aromatic heterocycles. The quantitative estimate of drug-likeness (QED) is 0.0950. The van der Waals surface area contributed by atoms with Crippen LogP contribution < -0.4 is 71.6 Å². The van der Waals surface area contributed by atoms with Crippen molar-refractivity contribution in [3.63, 3.8) is 0 Å². The Balaban J connectivity index is 0.000000121. The molecule has 0 fully saturated rings. The second-order valence-electron chi connectivity index (χ2n) is 37.0. The number of rotatable bonds is 8. The summed E-state index contributed by atoms with van der Waals surface area (Å²) >= 11 is 0. The summed E-state index contributed by atoms with van der Waals surface area (Å²) < 4.78 is 88.3. The number of phenolic OH excluding ortho intramolecular Hbond substituents is 1. The second-order valence-corrected chi connectivity index (χ2v) is 37.0. The molecule has 25 rings (SSSR count). The van der Waals surface area contributed by atoms with E-state index in [1.807, 2.05) is 54.6 Å². The van der Waals surface area contributed by atoms with Gasteiger partial charge in [-0.05, 0) is 318 Å². The van der Waals surface area contributed by atoms with Crippen LogP contribution in [-0.2, 0) is 96.9 Å². The summed E-state index contributed by atoms with van der Waals surface area (Å²) in [5.41, 5.74) is 23.0. The molecule has 13 heterocycles. The maximum Gasteiger partial charge on any atom is 0.231 e. The number of nitrogens with one attached hydrogen (secondary N) is 1. The van der Waals surface area contributed by atoms with E-state index in [2.05, 4.69) is 180 Å². The fourth-order valence-corrected chi connectivity index (χ4v) is 21.9. The number of aliphatic hydroxyl groups is 3. The number of phenols is 1. The largest absolute Gasteiger partial charge is 0.504 e. The first kappa shape index (κ1) is 87.9. The van der Waals surface area contributed by atoms with E-state index in [-0.39, 0.29) is 68.6 Å². The smallest absolute Gasteiger partial charge is 0.231 e. The summed E-state index contributed by atoms with van der Waals surface area (Å²) in [7, 11) is 19.1. The number of hydrogen-bond acceptors (Lipinski definition) is 24. The second kappa shape index (κ2) is 36.9. The highest BCUT2D eigenvalue weighted by Crippen LogP contribution is 2.59. The predicted octanol–water partition coefficient (Wildman–Crippen LogP) is 19.1. The molecule has 6 atom stereocenters. The van der Waals surface area contributed by atoms with Crippen molar-refractivity contribution < 1.29 is 86.7 Å². The zero-order valence-electron chi connectivity index (χ0n) is 77.5. The molecule has 692 valence electrons. The van der Waals surface area contributed by atoms with Gasteiger partial charge in [-0.15, -0.1) is 0 Å². The van der Waals surface area contributed by atoms with Gasteiger partial charge in [-0.1, -0.05) is 60.7 Å². The Morgan fingerprint density at radius 3 is 1.43 bits per heavy atom. The summed E-state index contributed by atoms with van der Waals surface area (Å²) in [5, 5.41) is 45.4. The Bertz CT molecular complexity index is 6520. The summed E-state index contributed by atoms with van der Waals surface area (Å²) in [6, 6.07) is 59.9. The zero-order chi connectivity index (χ0) is 91.8. The van der Waals surface area contributed by atoms with E-state index < -0.39 is 0 Å². The third-order valence-corrected chi connectivity index (χ3v) is 29.2. The maximum absolute atomic E-state index is 10.7. The molecule has 0 unspecified atom stereocenters. The average Bonchev–Trinajstić information content (AvgIpc) is 1.05. The number of fused-ring (bicyclic) bond motifs is 11. The maximum atomic E-state index is 10.7. The average molecular weight is 1810 g/mol. The van der Waals surface area contributed by atoms with Gasteiger partial charge in [0.05, 0.1) is 55.4 Å². The Morgan fingerprint density at radius 2 is 0.799 bits per heavy atom. The van der Waals surface area contributed by atoms with Gasteiger partial charge in [0.15, 0.2) is 92.0 Å². The van der Waals surface area contributed by atoms with Gasteiger partial charge in [-0.3, -0.25) is 24.5 Å². The fraction of sp³-hybridized carbons (Fsp3) is 0.345. The van der Waals surface area contributed by atoms with Gasteiger partial charge in [0.1, 0.15) is 23.0 Å². The Hall–Kier alpha value is -12.7. The van der Waals surface area contributed by atoms with Crippen molar-refractivity contribution >= 4 is 0 Å². The number of methoxy groups -OCH3 is 5. The van der Waals surface area contributed by atoms with Crippen molar-refractivity contribution in [1.29, 1.82) is 0 Å². The van der Waals surface area contributed by atoms with Crippen molar-refractivity contribution in [2.24, 2.45) is 0 Å². The Morgan fingerprint density at radius 1 is 0.328 bits per heavy atom. The number of nitrogens with zero attached hydrogens (tertiary/aromatic N) is 5. The fourth-order valence-electron chi connectivity index (χ4n) is 21.9. The Labute approximate surface area is 781 Å². The van der Waals surface area contributed by atoms with Gasteiger partial charge in [-0.25, -0.2) is 0 Å². The van der Waals surface area contributed by atoms with Crippen LogP contribution in [0.25, 0.3) is 0 Å². The molecule has 0 spiro atoms. The van der Waals surface area contributed by atoms with Gasteiger partial charge in [0.2, 0.25) is 18.3 Å². The summed E-state index contributed by atoms with van der Waals surface area (Å²) in [5.74, 6) is 13.8. The van der Waals surface area contributed by atoms with Crippen molar-refractivity contribution in [3.8, 4) is 126 Å². The number of aliphatic hydroxyl groups excluding tert-OH is 3. The molecule has 0 amide bonds. The summed E-state index contributed by atoms with van der Waals surface area (Å²) in [6.45, 7) is 5.11. The molecule has 12 aromatic rings. The van der Waals surface area contributed by atoms with Gasteiger partial charge in [-0.2, -0.15) is 0 Å². The van der Waals surface area contributed by atoms with Crippen LogP contribution in [0.15, 0.2) is 176 Å². The molecule has 12 aromatic carbocycles. The molecule has 5 N–H and O–H groups in total. The molecule has 24 nitrogen and oxygen atoms in total. The highest BCUT2D eigenvalue weighted by Gasteiger charge is 2.42. The first-order valence-electron chi connectivity index (χ1n) is 46.6. The van der Waals surface area contributed by atoms with Crippen LogP contribution in [0.1, 0.15) is 153 Å². The number of hydrogen-bond donors (Lipinski definition) is 5. The van der Waals surface area contributed by atoms with Crippen LogP contribution >= 0.6 is 0 Å². The molecule has 0 saturated carbocycles. The lowest BCUT2D eigenvalue weighted by molar-refractivity contribution is 0.171. The standard InChI is InChI=1S/C39H44N2O7.C37H38N2O6.C34H32N2O5/c1-40-14-12-25-19-34(44-3)35-20-29(25)31(40)17-24-6-9-26(21-42)33(18-24)47-27-10-7-23(8-11-27)16-32-36-28(13-15-41(32)2)30(22-43)37(45-4)39(46-5)38(36)48-35;1-38-12-10-24-18-31(41-4)33-20-27(24)28(38)15-23-8-9-30(40-3)32(17-23)44-26-7-5-6-22(14-26)16-29-35-25(11-13-39(29)2)19-34-36(37(35)45-33)43-21-42-34;1-36-11-9-22-15-23(18-37)33-34-32(22)27(36)13-19-2-5-24(6-3-19)39-29-14-20(4-7-28(29)38)12-26-25-17-31(41-34)30(40-33)16-21(25)8-10-35-26/h6-11,18-20,31-32,42-43H,12-17,21-22H2,1-5H3;5-9,14,17-20,28-29H,10-13,15-16,21H2,1-4H3;2-7,14-17,26-27,35,37-38H,8-13,18H2,1H3/t31-,32-;28-,29+;26-,27-/m010/s1. The number of benzene rings is 12. The molecule has 134 heavy (non-hydrogen) atoms. The van der Waals surface area contributed by atoms with Crippen LogP contribution in [0.4, 0.5) is 0 Å². The van der Waals surface area contributed by atoms with Crippen LogP contribution in [0.5, 0.6) is 126 Å². The molecular formula is C110H114N6O18. The highest BCUT2D eigenvalue weighted by molar-refractivity contribution is 5.70. The minimum atomic E-state index is -0.184.